The van der Waals surface area contributed by atoms with E-state index in [2.05, 4.69) is 30.8 Å². The summed E-state index contributed by atoms with van der Waals surface area (Å²) in [6, 6.07) is 13.0. The molecular formula is C23H21N7O3. The van der Waals surface area contributed by atoms with Gasteiger partial charge in [0.1, 0.15) is 12.4 Å². The van der Waals surface area contributed by atoms with Crippen LogP contribution in [0, 0.1) is 6.92 Å². The average Bonchev–Trinajstić information content (AvgIpc) is 3.43. The molecule has 0 fully saturated rings. The van der Waals surface area contributed by atoms with Crippen LogP contribution in [0.5, 0.6) is 5.88 Å². The van der Waals surface area contributed by atoms with Crippen LogP contribution in [-0.4, -0.2) is 41.9 Å². The summed E-state index contributed by atoms with van der Waals surface area (Å²) < 4.78 is 12.8. The molecule has 0 spiro atoms. The van der Waals surface area contributed by atoms with Crippen LogP contribution < -0.4 is 10.1 Å². The number of nitrogens with zero attached hydrogens (tertiary/aromatic N) is 6. The topological polar surface area (TPSA) is 120 Å². The number of nitrogens with one attached hydrogen (secondary N) is 1. The molecular weight excluding hydrogens is 422 g/mol. The third-order valence-electron chi connectivity index (χ3n) is 4.95. The Labute approximate surface area is 188 Å². The normalized spacial score (nSPS) is 11.4. The molecule has 0 unspecified atom stereocenters. The summed E-state index contributed by atoms with van der Waals surface area (Å²) in [5.41, 5.74) is 2.28. The maximum absolute atomic E-state index is 12.1. The minimum absolute atomic E-state index is 0.0542. The zero-order valence-electron chi connectivity index (χ0n) is 18.3. The van der Waals surface area contributed by atoms with Gasteiger partial charge in [0, 0.05) is 29.1 Å². The van der Waals surface area contributed by atoms with Crippen molar-refractivity contribution < 1.29 is 14.1 Å². The molecule has 0 atom stereocenters. The number of amides is 1. The number of hydrogen-bond donors (Lipinski definition) is 1. The van der Waals surface area contributed by atoms with Gasteiger partial charge in [-0.25, -0.2) is 0 Å². The van der Waals surface area contributed by atoms with Gasteiger partial charge in [-0.2, -0.15) is 4.52 Å². The molecule has 10 heteroatoms. The molecule has 0 saturated heterocycles. The molecule has 0 aliphatic rings. The maximum atomic E-state index is 12.1. The van der Waals surface area contributed by atoms with E-state index in [-0.39, 0.29) is 18.6 Å². The fraction of sp³-hybridized carbons (Fsp3) is 0.217. The molecule has 0 bridgehead atoms. The Morgan fingerprint density at radius 2 is 1.97 bits per heavy atom. The summed E-state index contributed by atoms with van der Waals surface area (Å²) in [7, 11) is 0. The third kappa shape index (κ3) is 3.98. The Hall–Kier alpha value is -4.34. The van der Waals surface area contributed by atoms with Gasteiger partial charge in [-0.05, 0) is 39.0 Å². The number of fused-ring (bicyclic) bond motifs is 3. The molecule has 0 aliphatic carbocycles. The highest BCUT2D eigenvalue weighted by Gasteiger charge is 2.18. The van der Waals surface area contributed by atoms with Crippen molar-refractivity contribution in [3.8, 4) is 17.4 Å². The highest BCUT2D eigenvalue weighted by molar-refractivity contribution is 5.97. The second-order valence-corrected chi connectivity index (χ2v) is 7.89. The van der Waals surface area contributed by atoms with Gasteiger partial charge in [-0.15, -0.1) is 15.3 Å². The monoisotopic (exact) mass is 443 g/mol. The van der Waals surface area contributed by atoms with E-state index in [4.69, 9.17) is 9.26 Å². The Kier molecular flexibility index (Phi) is 5.17. The number of benzene rings is 1. The van der Waals surface area contributed by atoms with Crippen molar-refractivity contribution in [1.29, 1.82) is 0 Å². The highest BCUT2D eigenvalue weighted by Crippen LogP contribution is 2.29. The molecule has 166 valence electrons. The number of ether oxygens (including phenoxy) is 1. The largest absolute Gasteiger partial charge is 0.470 e. The second kappa shape index (κ2) is 8.30. The highest BCUT2D eigenvalue weighted by atomic mass is 16.5. The van der Waals surface area contributed by atoms with Gasteiger partial charge in [-0.1, -0.05) is 23.4 Å². The van der Waals surface area contributed by atoms with Crippen molar-refractivity contribution in [2.75, 3.05) is 0 Å². The molecule has 4 heterocycles. The SMILES string of the molecule is Cc1cc(-c2nnc3c4ccccc4c(OCc4ccc(C(=O)NC(C)C)cn4)nn23)no1. The van der Waals surface area contributed by atoms with Crippen molar-refractivity contribution in [2.45, 2.75) is 33.4 Å². The molecule has 0 aliphatic heterocycles. The number of hydrogen-bond acceptors (Lipinski definition) is 8. The summed E-state index contributed by atoms with van der Waals surface area (Å²) in [4.78, 5) is 16.5. The van der Waals surface area contributed by atoms with E-state index >= 15 is 0 Å². The first-order valence-corrected chi connectivity index (χ1v) is 10.5. The molecule has 4 aromatic heterocycles. The standard InChI is InChI=1S/C23H21N7O3/c1-13(2)25-22(31)15-8-9-16(24-11-15)12-32-23-18-7-5-4-6-17(18)20-26-27-21(30(20)28-23)19-10-14(3)33-29-19/h4-11,13H,12H2,1-3H3,(H,25,31). The van der Waals surface area contributed by atoms with E-state index in [1.54, 1.807) is 22.7 Å². The summed E-state index contributed by atoms with van der Waals surface area (Å²) >= 11 is 0. The van der Waals surface area contributed by atoms with Crippen molar-refractivity contribution in [3.05, 3.63) is 65.7 Å². The van der Waals surface area contributed by atoms with Crippen LogP contribution in [0.2, 0.25) is 0 Å². The van der Waals surface area contributed by atoms with E-state index in [1.165, 1.54) is 6.20 Å². The van der Waals surface area contributed by atoms with Crippen LogP contribution in [0.1, 0.15) is 35.7 Å². The number of carbonyl (C=O) groups excluding carboxylic acids is 1. The van der Waals surface area contributed by atoms with Crippen LogP contribution in [0.25, 0.3) is 27.9 Å². The lowest BCUT2D eigenvalue weighted by Crippen LogP contribution is -2.30. The smallest absolute Gasteiger partial charge is 0.253 e. The van der Waals surface area contributed by atoms with Gasteiger partial charge < -0.3 is 14.6 Å². The van der Waals surface area contributed by atoms with Gasteiger partial charge in [0.25, 0.3) is 5.91 Å². The van der Waals surface area contributed by atoms with E-state index < -0.39 is 0 Å². The predicted molar refractivity (Wildman–Crippen MR) is 120 cm³/mol. The number of pyridine rings is 1. The van der Waals surface area contributed by atoms with Crippen LogP contribution in [0.3, 0.4) is 0 Å². The van der Waals surface area contributed by atoms with E-state index in [0.717, 1.165) is 10.8 Å². The summed E-state index contributed by atoms with van der Waals surface area (Å²) in [6.07, 6.45) is 1.54. The molecule has 0 saturated carbocycles. The quantitative estimate of drug-likeness (QED) is 0.424. The van der Waals surface area contributed by atoms with Gasteiger partial charge in [0.15, 0.2) is 11.3 Å². The molecule has 0 radical (unpaired) electrons. The third-order valence-corrected chi connectivity index (χ3v) is 4.95. The molecule has 10 nitrogen and oxygen atoms in total. The lowest BCUT2D eigenvalue weighted by atomic mass is 10.2. The Balaban J connectivity index is 1.47. The maximum Gasteiger partial charge on any atom is 0.253 e. The minimum atomic E-state index is -0.161. The Bertz CT molecular complexity index is 1450. The molecule has 1 aromatic carbocycles. The van der Waals surface area contributed by atoms with E-state index in [0.29, 0.717) is 40.1 Å². The first kappa shape index (κ1) is 20.6. The average molecular weight is 443 g/mol. The fourth-order valence-corrected chi connectivity index (χ4v) is 3.42. The predicted octanol–water partition coefficient (Wildman–Crippen LogP) is 3.35. The van der Waals surface area contributed by atoms with Crippen molar-refractivity contribution >= 4 is 22.3 Å². The zero-order chi connectivity index (χ0) is 22.9. The van der Waals surface area contributed by atoms with Crippen molar-refractivity contribution in [2.24, 2.45) is 0 Å². The first-order valence-electron chi connectivity index (χ1n) is 10.5. The van der Waals surface area contributed by atoms with Crippen LogP contribution in [0.4, 0.5) is 0 Å². The zero-order valence-corrected chi connectivity index (χ0v) is 18.3. The van der Waals surface area contributed by atoms with Gasteiger partial charge in [0.2, 0.25) is 11.7 Å². The first-order chi connectivity index (χ1) is 16.0. The minimum Gasteiger partial charge on any atom is -0.470 e. The van der Waals surface area contributed by atoms with E-state index in [9.17, 15) is 4.79 Å². The van der Waals surface area contributed by atoms with E-state index in [1.807, 2.05) is 45.0 Å². The van der Waals surface area contributed by atoms with Gasteiger partial charge in [-0.3, -0.25) is 9.78 Å². The molecule has 5 rings (SSSR count). The number of aryl methyl sites for hydroxylation is 1. The fourth-order valence-electron chi connectivity index (χ4n) is 3.42. The molecule has 1 N–H and O–H groups in total. The lowest BCUT2D eigenvalue weighted by molar-refractivity contribution is 0.0942. The van der Waals surface area contributed by atoms with Crippen molar-refractivity contribution in [1.82, 2.24) is 35.3 Å². The Morgan fingerprint density at radius 1 is 1.15 bits per heavy atom. The number of aromatic nitrogens is 6. The molecule has 33 heavy (non-hydrogen) atoms. The summed E-state index contributed by atoms with van der Waals surface area (Å²) in [5, 5.41) is 21.7. The van der Waals surface area contributed by atoms with Gasteiger partial charge in [0.05, 0.1) is 11.3 Å². The molecule has 5 aromatic rings. The number of carbonyl (C=O) groups is 1. The molecule has 1 amide bonds. The summed E-state index contributed by atoms with van der Waals surface area (Å²) in [6.45, 7) is 5.80. The lowest BCUT2D eigenvalue weighted by Gasteiger charge is -2.10. The number of rotatable bonds is 6. The van der Waals surface area contributed by atoms with Crippen LogP contribution in [0.15, 0.2) is 53.2 Å². The van der Waals surface area contributed by atoms with Crippen molar-refractivity contribution in [3.63, 3.8) is 0 Å². The Morgan fingerprint density at radius 3 is 2.67 bits per heavy atom. The second-order valence-electron chi connectivity index (χ2n) is 7.89. The summed E-state index contributed by atoms with van der Waals surface area (Å²) in [5.74, 6) is 1.36. The van der Waals surface area contributed by atoms with Crippen LogP contribution in [-0.2, 0) is 6.61 Å². The van der Waals surface area contributed by atoms with Gasteiger partial charge >= 0.3 is 0 Å². The van der Waals surface area contributed by atoms with Crippen LogP contribution >= 0.6 is 0 Å².